The van der Waals surface area contributed by atoms with Crippen LogP contribution in [0.25, 0.3) is 0 Å². The van der Waals surface area contributed by atoms with Gasteiger partial charge in [-0.2, -0.15) is 0 Å². The summed E-state index contributed by atoms with van der Waals surface area (Å²) < 4.78 is 0. The van der Waals surface area contributed by atoms with Gasteiger partial charge in [-0.3, -0.25) is 14.5 Å². The lowest BCUT2D eigenvalue weighted by molar-refractivity contribution is -0.149. The van der Waals surface area contributed by atoms with E-state index in [1.165, 1.54) is 36.9 Å². The molecule has 0 aromatic heterocycles. The van der Waals surface area contributed by atoms with Crippen LogP contribution in [0.2, 0.25) is 0 Å². The summed E-state index contributed by atoms with van der Waals surface area (Å²) in [7, 11) is 0. The lowest BCUT2D eigenvalue weighted by Gasteiger charge is -2.44. The van der Waals surface area contributed by atoms with Gasteiger partial charge in [0.2, 0.25) is 5.91 Å². The summed E-state index contributed by atoms with van der Waals surface area (Å²) in [5.74, 6) is 0.510. The maximum Gasteiger partial charge on any atom is 0.229 e. The molecule has 1 atom stereocenters. The molecule has 0 spiro atoms. The number of fused-ring (bicyclic) bond motifs is 1. The number of rotatable bonds is 5. The monoisotopic (exact) mass is 396 g/mol. The Labute approximate surface area is 175 Å². The molecule has 1 amide bonds. The summed E-state index contributed by atoms with van der Waals surface area (Å²) in [6.07, 6.45) is 8.46. The summed E-state index contributed by atoms with van der Waals surface area (Å²) in [5, 5.41) is 0. The molecule has 158 valence electrons. The van der Waals surface area contributed by atoms with Crippen LogP contribution in [0.4, 0.5) is 0 Å². The molecular formula is C25H36N2O2. The maximum atomic E-state index is 13.7. The summed E-state index contributed by atoms with van der Waals surface area (Å²) in [6.45, 7) is 8.05. The Morgan fingerprint density at radius 3 is 2.45 bits per heavy atom. The fourth-order valence-corrected chi connectivity index (χ4v) is 5.97. The van der Waals surface area contributed by atoms with Crippen LogP contribution in [-0.4, -0.2) is 53.7 Å². The number of hydrogen-bond donors (Lipinski definition) is 0. The fraction of sp³-hybridized carbons (Fsp3) is 0.680. The summed E-state index contributed by atoms with van der Waals surface area (Å²) in [5.41, 5.74) is 3.06. The minimum atomic E-state index is -0.452. The van der Waals surface area contributed by atoms with Crippen molar-refractivity contribution in [3.63, 3.8) is 0 Å². The van der Waals surface area contributed by atoms with Crippen molar-refractivity contribution in [2.24, 2.45) is 5.41 Å². The number of Topliss-reactive ketones (excluding diaryl/α,β-unsaturated/α-hetero) is 1. The van der Waals surface area contributed by atoms with Crippen molar-refractivity contribution in [1.82, 2.24) is 9.80 Å². The first-order valence-electron chi connectivity index (χ1n) is 11.6. The van der Waals surface area contributed by atoms with E-state index in [1.54, 1.807) is 0 Å². The van der Waals surface area contributed by atoms with E-state index in [-0.39, 0.29) is 11.7 Å². The second-order valence-electron chi connectivity index (χ2n) is 9.69. The molecule has 0 bridgehead atoms. The Bertz CT molecular complexity index is 746. The first-order chi connectivity index (χ1) is 14.0. The Morgan fingerprint density at radius 2 is 1.72 bits per heavy atom. The smallest absolute Gasteiger partial charge is 0.229 e. The number of amides is 1. The molecule has 3 fully saturated rings. The van der Waals surface area contributed by atoms with E-state index in [9.17, 15) is 9.59 Å². The number of benzene rings is 1. The third-order valence-electron chi connectivity index (χ3n) is 7.69. The first kappa shape index (κ1) is 20.6. The minimum absolute atomic E-state index is 0.233. The lowest BCUT2D eigenvalue weighted by Crippen LogP contribution is -2.56. The Hall–Kier alpha value is -1.68. The summed E-state index contributed by atoms with van der Waals surface area (Å²) in [4.78, 5) is 31.6. The highest BCUT2D eigenvalue weighted by atomic mass is 16.2. The van der Waals surface area contributed by atoms with Gasteiger partial charge in [0, 0.05) is 38.5 Å². The van der Waals surface area contributed by atoms with Crippen molar-refractivity contribution >= 4 is 11.7 Å². The highest BCUT2D eigenvalue weighted by Gasteiger charge is 2.45. The number of ketones is 1. The molecule has 3 aliphatic rings. The van der Waals surface area contributed by atoms with Gasteiger partial charge in [0.05, 0.1) is 5.41 Å². The number of hydrogen-bond acceptors (Lipinski definition) is 3. The molecule has 0 radical (unpaired) electrons. The van der Waals surface area contributed by atoms with Crippen LogP contribution in [0.15, 0.2) is 18.2 Å². The molecule has 0 N–H and O–H groups in total. The number of aryl methyl sites for hydroxylation is 2. The first-order valence-corrected chi connectivity index (χ1v) is 11.6. The van der Waals surface area contributed by atoms with Crippen LogP contribution in [0.5, 0.6) is 0 Å². The van der Waals surface area contributed by atoms with Crippen molar-refractivity contribution < 1.29 is 9.59 Å². The van der Waals surface area contributed by atoms with Gasteiger partial charge in [0.25, 0.3) is 0 Å². The van der Waals surface area contributed by atoms with Crippen molar-refractivity contribution in [3.05, 3.63) is 34.9 Å². The van der Waals surface area contributed by atoms with Gasteiger partial charge in [0.1, 0.15) is 5.78 Å². The summed E-state index contributed by atoms with van der Waals surface area (Å²) in [6, 6.07) is 6.75. The van der Waals surface area contributed by atoms with Gasteiger partial charge in [-0.1, -0.05) is 37.5 Å². The van der Waals surface area contributed by atoms with E-state index in [0.29, 0.717) is 18.9 Å². The van der Waals surface area contributed by atoms with Crippen LogP contribution in [-0.2, 0) is 16.0 Å². The van der Waals surface area contributed by atoms with Crippen molar-refractivity contribution in [1.29, 1.82) is 0 Å². The molecule has 1 saturated carbocycles. The zero-order valence-corrected chi connectivity index (χ0v) is 18.2. The predicted molar refractivity (Wildman–Crippen MR) is 116 cm³/mol. The molecule has 1 aromatic rings. The molecule has 4 nitrogen and oxygen atoms in total. The molecule has 2 aliphatic heterocycles. The van der Waals surface area contributed by atoms with E-state index in [4.69, 9.17) is 0 Å². The van der Waals surface area contributed by atoms with E-state index in [2.05, 4.69) is 35.8 Å². The molecule has 2 saturated heterocycles. The number of carbonyl (C=O) groups excluding carboxylic acids is 2. The molecule has 4 rings (SSSR count). The van der Waals surface area contributed by atoms with Crippen molar-refractivity contribution in [2.45, 2.75) is 77.7 Å². The number of piperazine rings is 1. The minimum Gasteiger partial charge on any atom is -0.339 e. The van der Waals surface area contributed by atoms with Crippen LogP contribution in [0.3, 0.4) is 0 Å². The van der Waals surface area contributed by atoms with E-state index >= 15 is 0 Å². The Balaban J connectivity index is 1.49. The van der Waals surface area contributed by atoms with Gasteiger partial charge in [-0.25, -0.2) is 0 Å². The standard InChI is InChI=1S/C25H36N2O2/c1-19-8-6-9-20(2)23(19)16-22(28)17-25(11-4-3-5-12-25)24(29)27-15-14-26-13-7-10-21(26)18-27/h6,8-9,21H,3-5,7,10-18H2,1-2H3. The van der Waals surface area contributed by atoms with Crippen LogP contribution >= 0.6 is 0 Å². The molecular weight excluding hydrogens is 360 g/mol. The second-order valence-corrected chi connectivity index (χ2v) is 9.69. The number of carbonyl (C=O) groups is 2. The van der Waals surface area contributed by atoms with Gasteiger partial charge in [-0.05, 0) is 62.8 Å². The topological polar surface area (TPSA) is 40.6 Å². The predicted octanol–water partition coefficient (Wildman–Crippen LogP) is 4.06. The molecule has 4 heteroatoms. The molecule has 29 heavy (non-hydrogen) atoms. The zero-order valence-electron chi connectivity index (χ0n) is 18.2. The van der Waals surface area contributed by atoms with Gasteiger partial charge < -0.3 is 4.90 Å². The zero-order chi connectivity index (χ0) is 20.4. The van der Waals surface area contributed by atoms with Gasteiger partial charge in [0.15, 0.2) is 0 Å². The van der Waals surface area contributed by atoms with E-state index in [1.807, 2.05) is 6.07 Å². The highest BCUT2D eigenvalue weighted by Crippen LogP contribution is 2.42. The Morgan fingerprint density at radius 1 is 1.00 bits per heavy atom. The van der Waals surface area contributed by atoms with Crippen LogP contribution in [0.1, 0.15) is 68.1 Å². The maximum absolute atomic E-state index is 13.7. The molecule has 2 heterocycles. The molecule has 1 aliphatic carbocycles. The lowest BCUT2D eigenvalue weighted by atomic mass is 9.69. The van der Waals surface area contributed by atoms with Crippen LogP contribution < -0.4 is 0 Å². The summed E-state index contributed by atoms with van der Waals surface area (Å²) >= 11 is 0. The third-order valence-corrected chi connectivity index (χ3v) is 7.69. The van der Waals surface area contributed by atoms with Gasteiger partial charge in [-0.15, -0.1) is 0 Å². The van der Waals surface area contributed by atoms with E-state index in [0.717, 1.165) is 50.9 Å². The number of nitrogens with zero attached hydrogens (tertiary/aromatic N) is 2. The average molecular weight is 397 g/mol. The van der Waals surface area contributed by atoms with Gasteiger partial charge >= 0.3 is 0 Å². The normalized spacial score (nSPS) is 24.3. The quantitative estimate of drug-likeness (QED) is 0.753. The van der Waals surface area contributed by atoms with Crippen LogP contribution in [0, 0.1) is 19.3 Å². The third kappa shape index (κ3) is 4.28. The average Bonchev–Trinajstić information content (AvgIpc) is 3.19. The molecule has 1 aromatic carbocycles. The Kier molecular flexibility index (Phi) is 6.10. The SMILES string of the molecule is Cc1cccc(C)c1CC(=O)CC1(C(=O)N2CCN3CCCC3C2)CCCCC1. The fourth-order valence-electron chi connectivity index (χ4n) is 5.97. The van der Waals surface area contributed by atoms with Crippen molar-refractivity contribution in [2.75, 3.05) is 26.2 Å². The highest BCUT2D eigenvalue weighted by molar-refractivity contribution is 5.91. The van der Waals surface area contributed by atoms with E-state index < -0.39 is 5.41 Å². The molecule has 1 unspecified atom stereocenters. The second kappa shape index (κ2) is 8.59. The largest absolute Gasteiger partial charge is 0.339 e. The van der Waals surface area contributed by atoms with Crippen molar-refractivity contribution in [3.8, 4) is 0 Å².